The van der Waals surface area contributed by atoms with Gasteiger partial charge in [-0.1, -0.05) is 45.9 Å². The van der Waals surface area contributed by atoms with Gasteiger partial charge in [-0.05, 0) is 26.3 Å². The van der Waals surface area contributed by atoms with Crippen LogP contribution in [0.15, 0.2) is 23.8 Å². The van der Waals surface area contributed by atoms with E-state index in [0.29, 0.717) is 5.57 Å². The first-order valence-electron chi connectivity index (χ1n) is 15.3. The first-order chi connectivity index (χ1) is 20.8. The van der Waals surface area contributed by atoms with Gasteiger partial charge in [-0.2, -0.15) is 0 Å². The van der Waals surface area contributed by atoms with Crippen LogP contribution >= 0.6 is 0 Å². The molecule has 0 saturated carbocycles. The number of ether oxygens (including phenoxy) is 3. The van der Waals surface area contributed by atoms with Crippen LogP contribution in [0, 0.1) is 29.6 Å². The standard InChI is InChI=1S/C32H52O13/c1-9-10-15(2)29-31(7,45-29)27(39)20-13-44-30(41)25(38)26(43-8)19(6)24(37)18(5)23(36)17(4)11-16(3)21(34)12-22(35)32(42,14-33)28(20)40/h9-11,15-16,18-23,25-27,29,33-36,38-39,42H,12-14H2,1-8H3/b10-9-,17-11+/t15-,16-,18+,19+,20+,21+,22-,23?,25+,26?,27+,29+,31+,32-/m0/s1. The highest BCUT2D eigenvalue weighted by Gasteiger charge is 2.63. The SMILES string of the molecule is C/C=C\[C@H](C)[C@H]1O[C@]1(C)[C@H](O)[C@H]1COC(=O)[C@H](O)C(OC)[C@H](C)C(=O)[C@H](C)C(O)/C(C)=C/[C@H](C)[C@H](O)C[C@H](O)[C@@](O)(CO)C1=O. The second-order valence-electron chi connectivity index (χ2n) is 12.9. The Kier molecular flexibility index (Phi) is 13.6. The number of methoxy groups -OCH3 is 1. The highest BCUT2D eigenvalue weighted by Crippen LogP contribution is 2.47. The lowest BCUT2D eigenvalue weighted by Gasteiger charge is -2.37. The van der Waals surface area contributed by atoms with E-state index >= 15 is 0 Å². The average Bonchev–Trinajstić information content (AvgIpc) is 3.71. The van der Waals surface area contributed by atoms with Crippen molar-refractivity contribution >= 4 is 17.5 Å². The van der Waals surface area contributed by atoms with Crippen molar-refractivity contribution < 1.29 is 64.3 Å². The van der Waals surface area contributed by atoms with Crippen molar-refractivity contribution in [1.29, 1.82) is 0 Å². The summed E-state index contributed by atoms with van der Waals surface area (Å²) in [5.74, 6) is -7.98. The molecule has 2 heterocycles. The van der Waals surface area contributed by atoms with Gasteiger partial charge >= 0.3 is 5.97 Å². The molecule has 2 unspecified atom stereocenters. The van der Waals surface area contributed by atoms with Crippen molar-refractivity contribution in [2.75, 3.05) is 20.3 Å². The summed E-state index contributed by atoms with van der Waals surface area (Å²) in [6.07, 6.45) is -6.03. The van der Waals surface area contributed by atoms with Crippen LogP contribution in [0.1, 0.15) is 54.9 Å². The molecular weight excluding hydrogens is 592 g/mol. The second kappa shape index (κ2) is 15.7. The zero-order valence-electron chi connectivity index (χ0n) is 27.4. The Balaban J connectivity index is 2.61. The van der Waals surface area contributed by atoms with E-state index in [0.717, 1.165) is 0 Å². The van der Waals surface area contributed by atoms with E-state index in [1.165, 1.54) is 40.9 Å². The number of hydrogen-bond donors (Lipinski definition) is 7. The van der Waals surface area contributed by atoms with Crippen LogP contribution < -0.4 is 0 Å². The Morgan fingerprint density at radius 1 is 1.09 bits per heavy atom. The monoisotopic (exact) mass is 644 g/mol. The third-order valence-corrected chi connectivity index (χ3v) is 9.54. The molecule has 13 heteroatoms. The van der Waals surface area contributed by atoms with Gasteiger partial charge in [-0.3, -0.25) is 9.59 Å². The number of carbonyl (C=O) groups excluding carboxylic acids is 3. The predicted molar refractivity (Wildman–Crippen MR) is 160 cm³/mol. The van der Waals surface area contributed by atoms with E-state index in [1.54, 1.807) is 19.9 Å². The molecule has 45 heavy (non-hydrogen) atoms. The zero-order chi connectivity index (χ0) is 34.6. The topological polar surface area (TPSA) is 224 Å². The Morgan fingerprint density at radius 3 is 2.22 bits per heavy atom. The van der Waals surface area contributed by atoms with E-state index in [1.807, 2.05) is 13.0 Å². The molecule has 0 aromatic rings. The number of aliphatic hydroxyl groups is 7. The van der Waals surface area contributed by atoms with Crippen molar-refractivity contribution in [3.05, 3.63) is 23.8 Å². The number of esters is 1. The van der Waals surface area contributed by atoms with Crippen molar-refractivity contribution in [1.82, 2.24) is 0 Å². The number of Topliss-reactive ketones (excluding diaryl/α,β-unsaturated/α-hetero) is 2. The summed E-state index contributed by atoms with van der Waals surface area (Å²) in [6.45, 7) is 8.89. The highest BCUT2D eigenvalue weighted by molar-refractivity contribution is 5.91. The van der Waals surface area contributed by atoms with Crippen LogP contribution in [-0.4, -0.2) is 128 Å². The number of carbonyl (C=O) groups is 3. The van der Waals surface area contributed by atoms with E-state index in [-0.39, 0.29) is 5.92 Å². The molecule has 258 valence electrons. The summed E-state index contributed by atoms with van der Waals surface area (Å²) in [7, 11) is 1.17. The zero-order valence-corrected chi connectivity index (χ0v) is 27.4. The summed E-state index contributed by atoms with van der Waals surface area (Å²) in [4.78, 5) is 40.2. The number of aliphatic hydroxyl groups excluding tert-OH is 6. The molecule has 0 spiro atoms. The van der Waals surface area contributed by atoms with Gasteiger partial charge in [-0.25, -0.2) is 4.79 Å². The summed E-state index contributed by atoms with van der Waals surface area (Å²) in [6, 6.07) is 0. The Morgan fingerprint density at radius 2 is 1.69 bits per heavy atom. The molecule has 7 N–H and O–H groups in total. The number of epoxide rings is 1. The average molecular weight is 645 g/mol. The molecule has 1 fully saturated rings. The third-order valence-electron chi connectivity index (χ3n) is 9.54. The fraction of sp³-hybridized carbons (Fsp3) is 0.781. The molecular formula is C32H52O13. The van der Waals surface area contributed by atoms with Gasteiger partial charge in [-0.15, -0.1) is 0 Å². The smallest absolute Gasteiger partial charge is 0.337 e. The number of cyclic esters (lactones) is 1. The van der Waals surface area contributed by atoms with E-state index in [2.05, 4.69) is 0 Å². The molecule has 0 bridgehead atoms. The van der Waals surface area contributed by atoms with Crippen molar-refractivity contribution in [3.63, 3.8) is 0 Å². The van der Waals surface area contributed by atoms with Crippen LogP contribution in [0.2, 0.25) is 0 Å². The van der Waals surface area contributed by atoms with Gasteiger partial charge < -0.3 is 50.0 Å². The van der Waals surface area contributed by atoms with Gasteiger partial charge in [0.15, 0.2) is 17.5 Å². The number of allylic oxidation sites excluding steroid dienone is 1. The van der Waals surface area contributed by atoms with Gasteiger partial charge in [0.2, 0.25) is 0 Å². The molecule has 0 aromatic heterocycles. The Hall–Kier alpha value is -2.07. The largest absolute Gasteiger partial charge is 0.463 e. The van der Waals surface area contributed by atoms with Crippen molar-refractivity contribution in [3.8, 4) is 0 Å². The summed E-state index contributed by atoms with van der Waals surface area (Å²) in [5, 5.41) is 76.6. The lowest BCUT2D eigenvalue weighted by atomic mass is 9.76. The minimum atomic E-state index is -2.92. The van der Waals surface area contributed by atoms with Gasteiger partial charge in [0.25, 0.3) is 0 Å². The van der Waals surface area contributed by atoms with E-state index in [9.17, 15) is 50.1 Å². The molecule has 0 radical (unpaired) electrons. The molecule has 0 aromatic carbocycles. The molecule has 2 aliphatic rings. The summed E-state index contributed by atoms with van der Waals surface area (Å²) >= 11 is 0. The Labute approximate surface area is 264 Å². The quantitative estimate of drug-likeness (QED) is 0.110. The van der Waals surface area contributed by atoms with Gasteiger partial charge in [0, 0.05) is 37.2 Å². The summed E-state index contributed by atoms with van der Waals surface area (Å²) in [5.41, 5.74) is -3.97. The minimum absolute atomic E-state index is 0.203. The van der Waals surface area contributed by atoms with Crippen molar-refractivity contribution in [2.24, 2.45) is 29.6 Å². The summed E-state index contributed by atoms with van der Waals surface area (Å²) < 4.78 is 16.3. The molecule has 0 aliphatic carbocycles. The van der Waals surface area contributed by atoms with Crippen LogP contribution in [0.4, 0.5) is 0 Å². The minimum Gasteiger partial charge on any atom is -0.463 e. The van der Waals surface area contributed by atoms with E-state index in [4.69, 9.17) is 14.2 Å². The van der Waals surface area contributed by atoms with Gasteiger partial charge in [0.05, 0.1) is 43.0 Å². The molecule has 1 saturated heterocycles. The number of rotatable bonds is 6. The van der Waals surface area contributed by atoms with Crippen LogP contribution in [0.3, 0.4) is 0 Å². The highest BCUT2D eigenvalue weighted by atomic mass is 16.6. The maximum absolute atomic E-state index is 13.9. The lowest BCUT2D eigenvalue weighted by molar-refractivity contribution is -0.178. The predicted octanol–water partition coefficient (Wildman–Crippen LogP) is -0.545. The molecule has 0 amide bonds. The van der Waals surface area contributed by atoms with E-state index < -0.39 is 115 Å². The molecule has 13 nitrogen and oxygen atoms in total. The van der Waals surface area contributed by atoms with Crippen LogP contribution in [-0.2, 0) is 28.6 Å². The normalized spacial score (nSPS) is 44.0. The fourth-order valence-corrected chi connectivity index (χ4v) is 6.28. The second-order valence-corrected chi connectivity index (χ2v) is 12.9. The third kappa shape index (κ3) is 8.27. The van der Waals surface area contributed by atoms with Crippen LogP contribution in [0.5, 0.6) is 0 Å². The lowest BCUT2D eigenvalue weighted by Crippen LogP contribution is -2.60. The first kappa shape index (κ1) is 39.1. The molecule has 14 atom stereocenters. The Bertz CT molecular complexity index is 1110. The fourth-order valence-electron chi connectivity index (χ4n) is 6.28. The number of hydrogen-bond acceptors (Lipinski definition) is 13. The number of ketones is 2. The molecule has 2 rings (SSSR count). The molecule has 2 aliphatic heterocycles. The maximum atomic E-state index is 13.9. The first-order valence-corrected chi connectivity index (χ1v) is 15.3. The van der Waals surface area contributed by atoms with Gasteiger partial charge in [0.1, 0.15) is 24.1 Å². The van der Waals surface area contributed by atoms with Crippen molar-refractivity contribution in [2.45, 2.75) is 109 Å². The maximum Gasteiger partial charge on any atom is 0.337 e. The van der Waals surface area contributed by atoms with Crippen LogP contribution in [0.25, 0.3) is 0 Å².